The first kappa shape index (κ1) is 12.8. The van der Waals surface area contributed by atoms with E-state index >= 15 is 0 Å². The molecule has 1 saturated heterocycles. The van der Waals surface area contributed by atoms with Crippen LogP contribution < -0.4 is 4.90 Å². The molecule has 1 aliphatic rings. The normalized spacial score (nSPS) is 19.0. The van der Waals surface area contributed by atoms with E-state index in [-0.39, 0.29) is 0 Å². The fourth-order valence-corrected chi connectivity index (χ4v) is 4.06. The number of benzene rings is 2. The molecule has 0 bridgehead atoms. The van der Waals surface area contributed by atoms with Gasteiger partial charge in [-0.1, -0.05) is 30.3 Å². The first-order chi connectivity index (χ1) is 10.4. The lowest BCUT2D eigenvalue weighted by atomic mass is 10.1. The molecule has 0 radical (unpaired) electrons. The molecule has 1 atom stereocenters. The van der Waals surface area contributed by atoms with Crippen molar-refractivity contribution in [1.82, 2.24) is 10.2 Å². The van der Waals surface area contributed by atoms with Crippen LogP contribution in [-0.4, -0.2) is 28.2 Å². The highest BCUT2D eigenvalue weighted by Gasteiger charge is 2.24. The van der Waals surface area contributed by atoms with Crippen molar-refractivity contribution in [2.24, 2.45) is 0 Å². The van der Waals surface area contributed by atoms with Gasteiger partial charge in [0.05, 0.1) is 17.8 Å². The van der Waals surface area contributed by atoms with E-state index in [1.165, 1.54) is 22.4 Å². The average molecular weight is 295 g/mol. The summed E-state index contributed by atoms with van der Waals surface area (Å²) in [4.78, 5) is 2.52. The smallest absolute Gasteiger partial charge is 0.0670 e. The van der Waals surface area contributed by atoms with E-state index in [0.717, 1.165) is 17.8 Å². The molecule has 1 aliphatic heterocycles. The highest BCUT2D eigenvalue weighted by atomic mass is 32.2. The van der Waals surface area contributed by atoms with Crippen molar-refractivity contribution in [1.29, 1.82) is 0 Å². The lowest BCUT2D eigenvalue weighted by molar-refractivity contribution is 0.687. The molecule has 3 aromatic rings. The Morgan fingerprint density at radius 3 is 2.95 bits per heavy atom. The number of anilines is 1. The predicted octanol–water partition coefficient (Wildman–Crippen LogP) is 3.86. The molecule has 4 heteroatoms. The largest absolute Gasteiger partial charge is 0.363 e. The molecule has 4 rings (SSSR count). The van der Waals surface area contributed by atoms with Gasteiger partial charge in [0, 0.05) is 29.1 Å². The van der Waals surface area contributed by atoms with Crippen molar-refractivity contribution in [3.05, 3.63) is 60.3 Å². The Morgan fingerprint density at radius 1 is 1.14 bits per heavy atom. The summed E-state index contributed by atoms with van der Waals surface area (Å²) in [7, 11) is 0. The molecule has 106 valence electrons. The zero-order valence-electron chi connectivity index (χ0n) is 11.7. The Labute approximate surface area is 128 Å². The molecular weight excluding hydrogens is 278 g/mol. The number of nitrogens with zero attached hydrogens (tertiary/aromatic N) is 2. The number of aromatic amines is 1. The van der Waals surface area contributed by atoms with Gasteiger partial charge in [-0.25, -0.2) is 0 Å². The summed E-state index contributed by atoms with van der Waals surface area (Å²) in [5.74, 6) is 2.33. The van der Waals surface area contributed by atoms with Gasteiger partial charge in [-0.3, -0.25) is 5.10 Å². The summed E-state index contributed by atoms with van der Waals surface area (Å²) in [6.45, 7) is 1.09. The van der Waals surface area contributed by atoms with Crippen LogP contribution in [0, 0.1) is 0 Å². The molecule has 0 saturated carbocycles. The molecule has 1 unspecified atom stereocenters. The monoisotopic (exact) mass is 295 g/mol. The molecule has 1 N–H and O–H groups in total. The third-order valence-corrected chi connectivity index (χ3v) is 5.09. The van der Waals surface area contributed by atoms with Crippen LogP contribution in [-0.2, 0) is 0 Å². The maximum Gasteiger partial charge on any atom is 0.0670 e. The zero-order chi connectivity index (χ0) is 14.1. The Morgan fingerprint density at radius 2 is 2.05 bits per heavy atom. The van der Waals surface area contributed by atoms with Gasteiger partial charge < -0.3 is 4.90 Å². The lowest BCUT2D eigenvalue weighted by Gasteiger charge is -2.37. The highest BCUT2D eigenvalue weighted by Crippen LogP contribution is 2.34. The minimum atomic E-state index is 0.449. The summed E-state index contributed by atoms with van der Waals surface area (Å²) in [6, 6.07) is 17.8. The summed E-state index contributed by atoms with van der Waals surface area (Å²) in [5.41, 5.74) is 3.79. The zero-order valence-corrected chi connectivity index (χ0v) is 12.5. The second-order valence-corrected chi connectivity index (χ2v) is 6.49. The Kier molecular flexibility index (Phi) is 3.31. The molecule has 0 aliphatic carbocycles. The van der Waals surface area contributed by atoms with Crippen LogP contribution in [0.1, 0.15) is 11.6 Å². The number of hydrogen-bond donors (Lipinski definition) is 1. The van der Waals surface area contributed by atoms with Crippen LogP contribution >= 0.6 is 11.8 Å². The maximum absolute atomic E-state index is 4.12. The molecule has 3 nitrogen and oxygen atoms in total. The van der Waals surface area contributed by atoms with Crippen molar-refractivity contribution in [2.45, 2.75) is 6.04 Å². The van der Waals surface area contributed by atoms with Gasteiger partial charge in [0.25, 0.3) is 0 Å². The molecule has 2 heterocycles. The van der Waals surface area contributed by atoms with Gasteiger partial charge in [-0.15, -0.1) is 0 Å². The lowest BCUT2D eigenvalue weighted by Crippen LogP contribution is -2.36. The number of fused-ring (bicyclic) bond motifs is 1. The van der Waals surface area contributed by atoms with E-state index in [1.54, 1.807) is 0 Å². The van der Waals surface area contributed by atoms with E-state index in [1.807, 2.05) is 18.0 Å². The highest BCUT2D eigenvalue weighted by molar-refractivity contribution is 7.99. The van der Waals surface area contributed by atoms with Gasteiger partial charge in [0.1, 0.15) is 0 Å². The minimum absolute atomic E-state index is 0.449. The maximum atomic E-state index is 4.12. The molecule has 1 fully saturated rings. The van der Waals surface area contributed by atoms with Gasteiger partial charge in [0.2, 0.25) is 0 Å². The number of thioether (sulfide) groups is 1. The molecule has 21 heavy (non-hydrogen) atoms. The quantitative estimate of drug-likeness (QED) is 0.779. The topological polar surface area (TPSA) is 31.9 Å². The molecular formula is C17H17N3S. The number of rotatable bonds is 2. The first-order valence-corrected chi connectivity index (χ1v) is 8.40. The van der Waals surface area contributed by atoms with Gasteiger partial charge >= 0.3 is 0 Å². The number of aromatic nitrogens is 2. The fraction of sp³-hybridized carbons (Fsp3) is 0.235. The fourth-order valence-electron chi connectivity index (χ4n) is 2.97. The minimum Gasteiger partial charge on any atom is -0.363 e. The molecule has 2 aromatic carbocycles. The predicted molar refractivity (Wildman–Crippen MR) is 89.9 cm³/mol. The van der Waals surface area contributed by atoms with Crippen LogP contribution in [0.2, 0.25) is 0 Å². The van der Waals surface area contributed by atoms with E-state index < -0.39 is 0 Å². The SMILES string of the molecule is c1ccc(C2CSCCN2c2ccc3cn[nH]c3c2)cc1. The third-order valence-electron chi connectivity index (χ3n) is 4.07. The van der Waals surface area contributed by atoms with Crippen molar-refractivity contribution < 1.29 is 0 Å². The van der Waals surface area contributed by atoms with Gasteiger partial charge in [-0.2, -0.15) is 16.9 Å². The number of nitrogens with one attached hydrogen (secondary N) is 1. The third kappa shape index (κ3) is 2.40. The van der Waals surface area contributed by atoms with Crippen LogP contribution in [0.15, 0.2) is 54.7 Å². The first-order valence-electron chi connectivity index (χ1n) is 7.24. The van der Waals surface area contributed by atoms with E-state index in [2.05, 4.69) is 63.6 Å². The van der Waals surface area contributed by atoms with Crippen LogP contribution in [0.3, 0.4) is 0 Å². The van der Waals surface area contributed by atoms with Crippen molar-refractivity contribution in [2.75, 3.05) is 23.0 Å². The molecule has 1 aromatic heterocycles. The van der Waals surface area contributed by atoms with Crippen molar-refractivity contribution in [3.8, 4) is 0 Å². The van der Waals surface area contributed by atoms with E-state index in [0.29, 0.717) is 6.04 Å². The van der Waals surface area contributed by atoms with Gasteiger partial charge in [-0.05, 0) is 23.8 Å². The second kappa shape index (κ2) is 5.45. The second-order valence-electron chi connectivity index (χ2n) is 5.34. The van der Waals surface area contributed by atoms with E-state index in [9.17, 15) is 0 Å². The Balaban J connectivity index is 1.73. The average Bonchev–Trinajstić information content (AvgIpc) is 3.03. The number of hydrogen-bond acceptors (Lipinski definition) is 3. The summed E-state index contributed by atoms with van der Waals surface area (Å²) in [6.07, 6.45) is 1.87. The summed E-state index contributed by atoms with van der Waals surface area (Å²) < 4.78 is 0. The van der Waals surface area contributed by atoms with Crippen molar-refractivity contribution in [3.63, 3.8) is 0 Å². The Hall–Kier alpha value is -1.94. The van der Waals surface area contributed by atoms with Crippen LogP contribution in [0.4, 0.5) is 5.69 Å². The summed E-state index contributed by atoms with van der Waals surface area (Å²) >= 11 is 2.04. The van der Waals surface area contributed by atoms with E-state index in [4.69, 9.17) is 0 Å². The molecule has 0 spiro atoms. The van der Waals surface area contributed by atoms with Crippen molar-refractivity contribution >= 4 is 28.4 Å². The molecule has 0 amide bonds. The number of H-pyrrole nitrogens is 1. The summed E-state index contributed by atoms with van der Waals surface area (Å²) in [5, 5.41) is 8.36. The standard InChI is InChI=1S/C17H17N3S/c1-2-4-13(5-3-1)17-12-21-9-8-20(17)15-7-6-14-11-18-19-16(14)10-15/h1-7,10-11,17H,8-9,12H2,(H,18,19). The van der Waals surface area contributed by atoms with Crippen LogP contribution in [0.5, 0.6) is 0 Å². The van der Waals surface area contributed by atoms with Gasteiger partial charge in [0.15, 0.2) is 0 Å². The Bertz CT molecular complexity index is 738. The van der Waals surface area contributed by atoms with Crippen LogP contribution in [0.25, 0.3) is 10.9 Å².